The van der Waals surface area contributed by atoms with Crippen molar-refractivity contribution < 1.29 is 173 Å². The molecule has 0 aromatic carbocycles. The maximum Gasteiger partial charge on any atom is 0.187 e. The Morgan fingerprint density at radius 3 is 0.613 bits per heavy atom. The molecule has 14 bridgehead atoms. The first-order valence-corrected chi connectivity index (χ1v) is 25.7. The molecule has 0 amide bonds. The Balaban J connectivity index is 1.10. The molecule has 35 heteroatoms. The van der Waals surface area contributed by atoms with Crippen LogP contribution in [0.3, 0.4) is 0 Å². The Kier molecular flexibility index (Phi) is 22.4. The number of rotatable bonds is 10. The van der Waals surface area contributed by atoms with Crippen molar-refractivity contribution in [1.29, 1.82) is 0 Å². The lowest BCUT2D eigenvalue weighted by atomic mass is 9.95. The quantitative estimate of drug-likeness (QED) is 0.0903. The Morgan fingerprint density at radius 2 is 0.425 bits per heavy atom. The van der Waals surface area contributed by atoms with Crippen molar-refractivity contribution in [3.63, 3.8) is 0 Å². The first-order chi connectivity index (χ1) is 38.2. The van der Waals surface area contributed by atoms with Gasteiger partial charge in [0.15, 0.2) is 44.0 Å². The van der Waals surface area contributed by atoms with Gasteiger partial charge < -0.3 is 173 Å². The molecule has 0 aromatic rings. The van der Waals surface area contributed by atoms with E-state index in [1.807, 2.05) is 0 Å². The summed E-state index contributed by atoms with van der Waals surface area (Å²) in [5, 5.41) is 221. The molecule has 15 heterocycles. The van der Waals surface area contributed by atoms with E-state index in [0.29, 0.717) is 0 Å². The molecule has 464 valence electrons. The predicted molar refractivity (Wildman–Crippen MR) is 242 cm³/mol. The summed E-state index contributed by atoms with van der Waals surface area (Å²) >= 11 is 0. The molecular weight excluding hydrogens is 1100 g/mol. The summed E-state index contributed by atoms with van der Waals surface area (Å²) in [5.41, 5.74) is 0. The lowest BCUT2D eigenvalue weighted by Crippen LogP contribution is -2.68. The van der Waals surface area contributed by atoms with Crippen LogP contribution < -0.4 is 0 Å². The first kappa shape index (κ1) is 64.3. The van der Waals surface area contributed by atoms with E-state index in [1.165, 1.54) is 6.08 Å². The standard InChI is InChI=1S/C45H74O35/c1-2-3-66-38-30(65)37-17(10-52)73-45(38)80-36-16(9-51)72-43(29(64)23(36)58)78-34-14(7-49)70-41(27(62)21(34)56)76-32-12(5-47)68-39(25(60)19(32)54)74-31-11(4-46)67-40(24(59)18(31)53)75-33-13(6-48)69-42(26(61)20(33)55)77-35-15(8-50)71-44(79-37)28(63)22(35)57/h2,11-65H,1,3-10H2/t11-,12-,13-,14-,15-,16-,17-,18-,19-,20-,21-,22-,23-,24-,25-,26-,27-,28-,29-,30+,31-,32-,33-,34-,35-,36-,37-,38-,39-,40-,41-,42-,43-,44-,45-/m1/s1. The van der Waals surface area contributed by atoms with Crippen LogP contribution in [0, 0.1) is 0 Å². The molecule has 20 N–H and O–H groups in total. The molecule has 0 unspecified atom stereocenters. The third-order valence-electron chi connectivity index (χ3n) is 15.2. The first-order valence-electron chi connectivity index (χ1n) is 25.7. The van der Waals surface area contributed by atoms with Gasteiger partial charge in [0.2, 0.25) is 0 Å². The van der Waals surface area contributed by atoms with Crippen LogP contribution in [0.15, 0.2) is 12.7 Å². The highest BCUT2D eigenvalue weighted by Gasteiger charge is 2.60. The second kappa shape index (κ2) is 27.8. The van der Waals surface area contributed by atoms with Crippen molar-refractivity contribution in [1.82, 2.24) is 0 Å². The van der Waals surface area contributed by atoms with Crippen molar-refractivity contribution in [3.05, 3.63) is 12.7 Å². The zero-order chi connectivity index (χ0) is 58.2. The van der Waals surface area contributed by atoms with E-state index in [0.717, 1.165) is 0 Å². The fourth-order valence-corrected chi connectivity index (χ4v) is 10.8. The predicted octanol–water partition coefficient (Wildman–Crippen LogP) is -14.0. The smallest absolute Gasteiger partial charge is 0.187 e. The van der Waals surface area contributed by atoms with E-state index in [2.05, 4.69) is 6.58 Å². The Morgan fingerprint density at radius 1 is 0.250 bits per heavy atom. The van der Waals surface area contributed by atoms with Gasteiger partial charge in [-0.25, -0.2) is 0 Å². The van der Waals surface area contributed by atoms with Crippen LogP contribution in [0.1, 0.15) is 0 Å². The van der Waals surface area contributed by atoms with E-state index < -0.39 is 261 Å². The Bertz CT molecular complexity index is 1910. The van der Waals surface area contributed by atoms with Gasteiger partial charge in [0.05, 0.1) is 52.9 Å². The zero-order valence-corrected chi connectivity index (χ0v) is 42.2. The van der Waals surface area contributed by atoms with Gasteiger partial charge in [-0.2, -0.15) is 0 Å². The molecule has 15 rings (SSSR count). The fourth-order valence-electron chi connectivity index (χ4n) is 10.8. The molecule has 0 spiro atoms. The number of ether oxygens (including phenoxy) is 15. The van der Waals surface area contributed by atoms with E-state index >= 15 is 0 Å². The number of fused-ring (bicyclic) bond motifs is 7. The number of hydrogen-bond donors (Lipinski definition) is 20. The average molecular weight is 1180 g/mol. The van der Waals surface area contributed by atoms with Gasteiger partial charge in [0, 0.05) is 0 Å². The van der Waals surface area contributed by atoms with Crippen LogP contribution in [0.25, 0.3) is 0 Å². The second-order valence-corrected chi connectivity index (χ2v) is 20.2. The zero-order valence-electron chi connectivity index (χ0n) is 42.2. The lowest BCUT2D eigenvalue weighted by molar-refractivity contribution is -0.398. The van der Waals surface area contributed by atoms with Gasteiger partial charge in [0.25, 0.3) is 0 Å². The van der Waals surface area contributed by atoms with Gasteiger partial charge in [-0.05, 0) is 0 Å². The summed E-state index contributed by atoms with van der Waals surface area (Å²) in [5.74, 6) is 0. The number of hydrogen-bond acceptors (Lipinski definition) is 35. The third kappa shape index (κ3) is 12.8. The van der Waals surface area contributed by atoms with Crippen LogP contribution in [-0.2, 0) is 71.1 Å². The lowest BCUT2D eigenvalue weighted by Gasteiger charge is -2.50. The van der Waals surface area contributed by atoms with E-state index in [-0.39, 0.29) is 6.61 Å². The summed E-state index contributed by atoms with van der Waals surface area (Å²) < 4.78 is 86.5. The van der Waals surface area contributed by atoms with E-state index in [1.54, 1.807) is 0 Å². The molecule has 15 fully saturated rings. The maximum absolute atomic E-state index is 11.8. The number of aliphatic hydroxyl groups excluding tert-OH is 20. The van der Waals surface area contributed by atoms with Crippen molar-refractivity contribution >= 4 is 0 Å². The van der Waals surface area contributed by atoms with Gasteiger partial charge in [-0.1, -0.05) is 6.08 Å². The fraction of sp³-hybridized carbons (Fsp3) is 0.956. The molecule has 15 aliphatic rings. The SMILES string of the molecule is C=CCO[C@H]1[C@H]2O[C@H]3[C@H](O)[C@@H](O)[C@@H](O[C@H]4[C@H](O)[C@@H](O)[C@@H](O[C@H]5[C@H](O)[C@@H](O)[C@@H](O[C@H]6[C@H](O)[C@@H](O)[C@@H](O[C@H]7[C@H](O)[C@@H](O)[C@@H](O[C@H]8[C@H](O)[C@@H](O)[C@@H](O[C@@H]([C@@H]1O)[C@@H](CO)O2)O[C@@H]8CO)O[C@@H]7CO)O[C@@H]6CO)O[C@@H]5CO)O[C@@H]4CO)O[C@@H]3CO. The van der Waals surface area contributed by atoms with Gasteiger partial charge in [-0.3, -0.25) is 0 Å². The molecule has 15 aliphatic heterocycles. The summed E-state index contributed by atoms with van der Waals surface area (Å²) in [6.45, 7) is -4.00. The average Bonchev–Trinajstić information content (AvgIpc) is 3.54. The topological polar surface area (TPSA) is 543 Å². The highest BCUT2D eigenvalue weighted by Crippen LogP contribution is 2.39. The van der Waals surface area contributed by atoms with Gasteiger partial charge >= 0.3 is 0 Å². The highest BCUT2D eigenvalue weighted by molar-refractivity contribution is 5.02. The molecule has 35 nitrogen and oxygen atoms in total. The second-order valence-electron chi connectivity index (χ2n) is 20.2. The molecule has 80 heavy (non-hydrogen) atoms. The summed E-state index contributed by atoms with van der Waals surface area (Å²) in [6, 6.07) is 0. The molecule has 0 aromatic heterocycles. The minimum absolute atomic E-state index is 0.345. The van der Waals surface area contributed by atoms with Crippen LogP contribution in [0.4, 0.5) is 0 Å². The van der Waals surface area contributed by atoms with Crippen molar-refractivity contribution in [2.24, 2.45) is 0 Å². The molecule has 35 atom stereocenters. The molecule has 0 radical (unpaired) electrons. The molecule has 15 saturated heterocycles. The van der Waals surface area contributed by atoms with E-state index in [4.69, 9.17) is 71.1 Å². The normalized spacial score (nSPS) is 53.7. The molecule has 0 saturated carbocycles. The van der Waals surface area contributed by atoms with Crippen LogP contribution >= 0.6 is 0 Å². The van der Waals surface area contributed by atoms with Crippen LogP contribution in [-0.4, -0.2) is 370 Å². The van der Waals surface area contributed by atoms with Gasteiger partial charge in [0.1, 0.15) is 171 Å². The van der Waals surface area contributed by atoms with Gasteiger partial charge in [-0.15, -0.1) is 6.58 Å². The molecular formula is C45H74O35. The Labute approximate surface area is 453 Å². The van der Waals surface area contributed by atoms with Crippen molar-refractivity contribution in [3.8, 4) is 0 Å². The summed E-state index contributed by atoms with van der Waals surface area (Å²) in [4.78, 5) is 0. The summed E-state index contributed by atoms with van der Waals surface area (Å²) in [6.07, 6.45) is -67.6. The van der Waals surface area contributed by atoms with Crippen LogP contribution in [0.5, 0.6) is 0 Å². The van der Waals surface area contributed by atoms with Crippen molar-refractivity contribution in [2.75, 3.05) is 52.9 Å². The largest absolute Gasteiger partial charge is 0.394 e. The summed E-state index contributed by atoms with van der Waals surface area (Å²) in [7, 11) is 0. The maximum atomic E-state index is 11.8. The van der Waals surface area contributed by atoms with E-state index in [9.17, 15) is 102 Å². The molecule has 0 aliphatic carbocycles. The highest BCUT2D eigenvalue weighted by atomic mass is 16.8. The number of aliphatic hydroxyl groups is 20. The minimum atomic E-state index is -2.21. The third-order valence-corrected chi connectivity index (χ3v) is 15.2. The Hall–Kier alpha value is -1.66. The van der Waals surface area contributed by atoms with Crippen molar-refractivity contribution in [2.45, 2.75) is 215 Å². The monoisotopic (exact) mass is 1170 g/mol. The minimum Gasteiger partial charge on any atom is -0.394 e. The van der Waals surface area contributed by atoms with Crippen LogP contribution in [0.2, 0.25) is 0 Å².